The van der Waals surface area contributed by atoms with Crippen LogP contribution in [0.3, 0.4) is 0 Å². The number of hydrogen-bond acceptors (Lipinski definition) is 1. The summed E-state index contributed by atoms with van der Waals surface area (Å²) >= 11 is 0. The van der Waals surface area contributed by atoms with Crippen LogP contribution in [0.1, 0.15) is 39.5 Å². The first kappa shape index (κ1) is 10.0. The molecule has 0 radical (unpaired) electrons. The van der Waals surface area contributed by atoms with Gasteiger partial charge in [-0.25, -0.2) is 0 Å². The molecule has 0 amide bonds. The molecule has 1 nitrogen and oxygen atoms in total. The van der Waals surface area contributed by atoms with Gasteiger partial charge in [-0.05, 0) is 38.3 Å². The van der Waals surface area contributed by atoms with Crippen LogP contribution in [0.15, 0.2) is 0 Å². The van der Waals surface area contributed by atoms with Gasteiger partial charge in [0.2, 0.25) is 0 Å². The van der Waals surface area contributed by atoms with Gasteiger partial charge in [-0.3, -0.25) is 0 Å². The van der Waals surface area contributed by atoms with E-state index < -0.39 is 0 Å². The number of hydrogen-bond donors (Lipinski definition) is 0. The minimum Gasteiger partial charge on any atom is -0.306 e. The average Bonchev–Trinajstić information content (AvgIpc) is 2.09. The van der Waals surface area contributed by atoms with Crippen molar-refractivity contribution in [3.05, 3.63) is 0 Å². The summed E-state index contributed by atoms with van der Waals surface area (Å²) < 4.78 is 0. The molecule has 1 rings (SSSR count). The van der Waals surface area contributed by atoms with Crippen molar-refractivity contribution in [1.29, 1.82) is 0 Å². The van der Waals surface area contributed by atoms with Crippen LogP contribution in [-0.2, 0) is 0 Å². The minimum atomic E-state index is 0.992. The van der Waals surface area contributed by atoms with Crippen molar-refractivity contribution in [2.45, 2.75) is 39.5 Å². The van der Waals surface area contributed by atoms with Gasteiger partial charge >= 0.3 is 0 Å². The largest absolute Gasteiger partial charge is 0.306 e. The Bertz CT molecular complexity index is 114. The Morgan fingerprint density at radius 1 is 1.17 bits per heavy atom. The molecule has 1 aliphatic rings. The molecule has 0 N–H and O–H groups in total. The molecule has 1 aliphatic carbocycles. The van der Waals surface area contributed by atoms with Gasteiger partial charge in [-0.1, -0.05) is 26.7 Å². The van der Waals surface area contributed by atoms with Gasteiger partial charge in [0.15, 0.2) is 0 Å². The molecular weight excluding hydrogens is 146 g/mol. The smallest absolute Gasteiger partial charge is 0.000649 e. The molecule has 0 aromatic carbocycles. The minimum absolute atomic E-state index is 0.992. The first-order valence-electron chi connectivity index (χ1n) is 5.41. The third-order valence-corrected chi connectivity index (χ3v) is 3.25. The fourth-order valence-electron chi connectivity index (χ4n) is 2.08. The first-order valence-corrected chi connectivity index (χ1v) is 5.41. The standard InChI is InChI=1S/C11H23N/c1-4-12(3)9-11-7-5-10(2)6-8-11/h10-11H,4-9H2,1-3H3. The maximum Gasteiger partial charge on any atom is 0.000649 e. The zero-order chi connectivity index (χ0) is 8.97. The van der Waals surface area contributed by atoms with Crippen molar-refractivity contribution in [1.82, 2.24) is 4.90 Å². The van der Waals surface area contributed by atoms with Crippen LogP contribution in [-0.4, -0.2) is 25.0 Å². The molecule has 1 saturated carbocycles. The second-order valence-corrected chi connectivity index (χ2v) is 4.48. The van der Waals surface area contributed by atoms with Gasteiger partial charge in [0.05, 0.1) is 0 Å². The van der Waals surface area contributed by atoms with Crippen LogP contribution in [0, 0.1) is 11.8 Å². The molecule has 0 saturated heterocycles. The summed E-state index contributed by atoms with van der Waals surface area (Å²) in [5, 5.41) is 0. The first-order chi connectivity index (χ1) is 5.72. The number of rotatable bonds is 3. The summed E-state index contributed by atoms with van der Waals surface area (Å²) in [6.07, 6.45) is 5.85. The van der Waals surface area contributed by atoms with Crippen LogP contribution in [0.25, 0.3) is 0 Å². The molecule has 0 atom stereocenters. The highest BCUT2D eigenvalue weighted by Crippen LogP contribution is 2.28. The second kappa shape index (κ2) is 4.86. The van der Waals surface area contributed by atoms with Gasteiger partial charge in [0.1, 0.15) is 0 Å². The van der Waals surface area contributed by atoms with E-state index >= 15 is 0 Å². The van der Waals surface area contributed by atoms with Gasteiger partial charge in [0, 0.05) is 6.54 Å². The predicted octanol–water partition coefficient (Wildman–Crippen LogP) is 2.76. The van der Waals surface area contributed by atoms with E-state index in [4.69, 9.17) is 0 Å². The molecule has 0 aromatic rings. The van der Waals surface area contributed by atoms with E-state index in [1.54, 1.807) is 0 Å². The summed E-state index contributed by atoms with van der Waals surface area (Å²) in [4.78, 5) is 2.45. The molecular formula is C11H23N. The zero-order valence-electron chi connectivity index (χ0n) is 8.84. The molecule has 0 aliphatic heterocycles. The van der Waals surface area contributed by atoms with Gasteiger partial charge < -0.3 is 4.90 Å². The van der Waals surface area contributed by atoms with E-state index in [2.05, 4.69) is 25.8 Å². The molecule has 0 aromatic heterocycles. The lowest BCUT2D eigenvalue weighted by molar-refractivity contribution is 0.215. The molecule has 0 heterocycles. The van der Waals surface area contributed by atoms with E-state index in [1.807, 2.05) is 0 Å². The Morgan fingerprint density at radius 3 is 2.25 bits per heavy atom. The van der Waals surface area contributed by atoms with Crippen LogP contribution >= 0.6 is 0 Å². The fourth-order valence-corrected chi connectivity index (χ4v) is 2.08. The van der Waals surface area contributed by atoms with E-state index in [0.29, 0.717) is 0 Å². The van der Waals surface area contributed by atoms with E-state index in [-0.39, 0.29) is 0 Å². The third kappa shape index (κ3) is 3.14. The lowest BCUT2D eigenvalue weighted by Crippen LogP contribution is -2.27. The second-order valence-electron chi connectivity index (χ2n) is 4.48. The highest BCUT2D eigenvalue weighted by atomic mass is 15.1. The van der Waals surface area contributed by atoms with Crippen molar-refractivity contribution in [2.75, 3.05) is 20.1 Å². The monoisotopic (exact) mass is 169 g/mol. The summed E-state index contributed by atoms with van der Waals surface area (Å²) in [5.74, 6) is 1.99. The summed E-state index contributed by atoms with van der Waals surface area (Å²) in [7, 11) is 2.23. The normalized spacial score (nSPS) is 31.0. The average molecular weight is 169 g/mol. The van der Waals surface area contributed by atoms with Crippen LogP contribution in [0.4, 0.5) is 0 Å². The lowest BCUT2D eigenvalue weighted by atomic mass is 9.83. The van der Waals surface area contributed by atoms with Crippen molar-refractivity contribution >= 4 is 0 Å². The van der Waals surface area contributed by atoms with Crippen molar-refractivity contribution in [3.8, 4) is 0 Å². The van der Waals surface area contributed by atoms with Crippen molar-refractivity contribution < 1.29 is 0 Å². The molecule has 1 fully saturated rings. The van der Waals surface area contributed by atoms with Gasteiger partial charge in [0.25, 0.3) is 0 Å². The maximum absolute atomic E-state index is 2.45. The SMILES string of the molecule is CCN(C)CC1CCC(C)CC1. The Morgan fingerprint density at radius 2 is 1.75 bits per heavy atom. The quantitative estimate of drug-likeness (QED) is 0.628. The van der Waals surface area contributed by atoms with Gasteiger partial charge in [-0.15, -0.1) is 0 Å². The topological polar surface area (TPSA) is 3.24 Å². The molecule has 12 heavy (non-hydrogen) atoms. The molecule has 0 unspecified atom stereocenters. The fraction of sp³-hybridized carbons (Fsp3) is 1.00. The van der Waals surface area contributed by atoms with Crippen LogP contribution in [0.2, 0.25) is 0 Å². The Labute approximate surface area is 77.1 Å². The van der Waals surface area contributed by atoms with Crippen molar-refractivity contribution in [2.24, 2.45) is 11.8 Å². The molecule has 0 bridgehead atoms. The van der Waals surface area contributed by atoms with Gasteiger partial charge in [-0.2, -0.15) is 0 Å². The summed E-state index contributed by atoms with van der Waals surface area (Å²) in [6.45, 7) is 7.15. The highest BCUT2D eigenvalue weighted by Gasteiger charge is 2.18. The Balaban J connectivity index is 2.17. The van der Waals surface area contributed by atoms with Crippen molar-refractivity contribution in [3.63, 3.8) is 0 Å². The summed E-state index contributed by atoms with van der Waals surface area (Å²) in [6, 6.07) is 0. The van der Waals surface area contributed by atoms with E-state index in [0.717, 1.165) is 11.8 Å². The molecule has 1 heteroatoms. The molecule has 72 valence electrons. The van der Waals surface area contributed by atoms with Crippen LogP contribution in [0.5, 0.6) is 0 Å². The Hall–Kier alpha value is -0.0400. The van der Waals surface area contributed by atoms with E-state index in [1.165, 1.54) is 38.8 Å². The Kier molecular flexibility index (Phi) is 4.07. The maximum atomic E-state index is 2.45. The number of nitrogens with zero attached hydrogens (tertiary/aromatic N) is 1. The molecule has 0 spiro atoms. The summed E-state index contributed by atoms with van der Waals surface area (Å²) in [5.41, 5.74) is 0. The zero-order valence-corrected chi connectivity index (χ0v) is 8.84. The lowest BCUT2D eigenvalue weighted by Gasteiger charge is -2.29. The predicted molar refractivity (Wildman–Crippen MR) is 54.3 cm³/mol. The highest BCUT2D eigenvalue weighted by molar-refractivity contribution is 4.71. The third-order valence-electron chi connectivity index (χ3n) is 3.25. The van der Waals surface area contributed by atoms with Crippen LogP contribution < -0.4 is 0 Å². The van der Waals surface area contributed by atoms with E-state index in [9.17, 15) is 0 Å².